The van der Waals surface area contributed by atoms with E-state index in [9.17, 15) is 16.8 Å². The van der Waals surface area contributed by atoms with Crippen LogP contribution in [0, 0.1) is 0 Å². The fourth-order valence-electron chi connectivity index (χ4n) is 1.68. The van der Waals surface area contributed by atoms with Crippen molar-refractivity contribution in [3.05, 3.63) is 30.6 Å². The smallest absolute Gasteiger partial charge is 0.281 e. The molecule has 9 nitrogen and oxygen atoms in total. The molecule has 0 spiro atoms. The van der Waals surface area contributed by atoms with Crippen LogP contribution in [0.2, 0.25) is 0 Å². The molecule has 1 aromatic carbocycles. The standard InChI is InChI=1S/C10H13N5O4S2/c1-15-6-13-9(11)10(15)21(18,19)14-7-2-4-8(5-3-7)20(12,16)17/h2-6,14H,11H2,1H3,(H2,12,16,17). The second-order valence-corrected chi connectivity index (χ2v) is 7.38. The third kappa shape index (κ3) is 3.15. The number of aryl methyl sites for hydroxylation is 1. The second kappa shape index (κ2) is 5.02. The highest BCUT2D eigenvalue weighted by molar-refractivity contribution is 7.92. The van der Waals surface area contributed by atoms with E-state index in [1.54, 1.807) is 0 Å². The van der Waals surface area contributed by atoms with Crippen LogP contribution in [0.3, 0.4) is 0 Å². The first-order chi connectivity index (χ1) is 9.61. The highest BCUT2D eigenvalue weighted by Crippen LogP contribution is 2.20. The zero-order valence-corrected chi connectivity index (χ0v) is 12.5. The maximum Gasteiger partial charge on any atom is 0.281 e. The van der Waals surface area contributed by atoms with E-state index in [0.29, 0.717) is 0 Å². The van der Waals surface area contributed by atoms with E-state index in [1.165, 1.54) is 42.2 Å². The van der Waals surface area contributed by atoms with Crippen LogP contribution in [-0.4, -0.2) is 26.4 Å². The van der Waals surface area contributed by atoms with E-state index in [2.05, 4.69) is 9.71 Å². The molecule has 0 aliphatic carbocycles. The molecular formula is C10H13N5O4S2. The van der Waals surface area contributed by atoms with Crippen LogP contribution >= 0.6 is 0 Å². The Morgan fingerprint density at radius 2 is 1.71 bits per heavy atom. The zero-order chi connectivity index (χ0) is 15.8. The molecule has 0 fully saturated rings. The second-order valence-electron chi connectivity index (χ2n) is 4.22. The minimum Gasteiger partial charge on any atom is -0.381 e. The van der Waals surface area contributed by atoms with Gasteiger partial charge in [-0.3, -0.25) is 4.72 Å². The maximum atomic E-state index is 12.2. The summed E-state index contributed by atoms with van der Waals surface area (Å²) in [6.07, 6.45) is 1.27. The van der Waals surface area contributed by atoms with Gasteiger partial charge in [-0.2, -0.15) is 8.42 Å². The van der Waals surface area contributed by atoms with Gasteiger partial charge in [-0.25, -0.2) is 18.5 Å². The van der Waals surface area contributed by atoms with Crippen molar-refractivity contribution < 1.29 is 16.8 Å². The molecule has 1 aromatic heterocycles. The molecule has 0 atom stereocenters. The minimum atomic E-state index is -3.93. The molecule has 114 valence electrons. The SMILES string of the molecule is Cn1cnc(N)c1S(=O)(=O)Nc1ccc(S(N)(=O)=O)cc1. The van der Waals surface area contributed by atoms with Crippen LogP contribution in [0.5, 0.6) is 0 Å². The molecule has 2 rings (SSSR count). The summed E-state index contributed by atoms with van der Waals surface area (Å²) in [5, 5.41) is 4.77. The quantitative estimate of drug-likeness (QED) is 0.684. The molecular weight excluding hydrogens is 318 g/mol. The van der Waals surface area contributed by atoms with E-state index in [-0.39, 0.29) is 21.4 Å². The highest BCUT2D eigenvalue weighted by atomic mass is 32.2. The van der Waals surface area contributed by atoms with Crippen molar-refractivity contribution in [3.63, 3.8) is 0 Å². The molecule has 0 unspecified atom stereocenters. The lowest BCUT2D eigenvalue weighted by atomic mass is 10.3. The molecule has 21 heavy (non-hydrogen) atoms. The third-order valence-electron chi connectivity index (χ3n) is 2.60. The molecule has 0 saturated carbocycles. The highest BCUT2D eigenvalue weighted by Gasteiger charge is 2.22. The molecule has 0 aliphatic heterocycles. The summed E-state index contributed by atoms with van der Waals surface area (Å²) in [4.78, 5) is 3.58. The summed E-state index contributed by atoms with van der Waals surface area (Å²) in [5.41, 5.74) is 5.68. The lowest BCUT2D eigenvalue weighted by Crippen LogP contribution is -2.18. The fourth-order valence-corrected chi connectivity index (χ4v) is 3.49. The fraction of sp³-hybridized carbons (Fsp3) is 0.100. The number of aromatic nitrogens is 2. The van der Waals surface area contributed by atoms with Crippen molar-refractivity contribution in [2.45, 2.75) is 9.92 Å². The van der Waals surface area contributed by atoms with Gasteiger partial charge in [0.1, 0.15) is 0 Å². The Kier molecular flexibility index (Phi) is 3.65. The third-order valence-corrected chi connectivity index (χ3v) is 5.04. The Morgan fingerprint density at radius 3 is 2.14 bits per heavy atom. The summed E-state index contributed by atoms with van der Waals surface area (Å²) in [7, 11) is -6.28. The van der Waals surface area contributed by atoms with Gasteiger partial charge in [0.2, 0.25) is 10.0 Å². The van der Waals surface area contributed by atoms with Crippen molar-refractivity contribution in [3.8, 4) is 0 Å². The van der Waals surface area contributed by atoms with Gasteiger partial charge >= 0.3 is 0 Å². The van der Waals surface area contributed by atoms with Crippen LogP contribution in [0.15, 0.2) is 40.5 Å². The Morgan fingerprint density at radius 1 is 1.14 bits per heavy atom. The number of primary sulfonamides is 1. The molecule has 0 aliphatic rings. The van der Waals surface area contributed by atoms with Gasteiger partial charge in [-0.05, 0) is 24.3 Å². The number of sulfonamides is 2. The predicted octanol–water partition coefficient (Wildman–Crippen LogP) is -0.549. The van der Waals surface area contributed by atoms with Crippen LogP contribution in [-0.2, 0) is 27.1 Å². The molecule has 2 aromatic rings. The molecule has 0 bridgehead atoms. The number of imidazole rings is 1. The molecule has 0 amide bonds. The number of hydrogen-bond acceptors (Lipinski definition) is 6. The zero-order valence-electron chi connectivity index (χ0n) is 10.9. The van der Waals surface area contributed by atoms with Gasteiger partial charge in [0.25, 0.3) is 10.0 Å². The summed E-state index contributed by atoms with van der Waals surface area (Å²) in [5.74, 6) is -0.133. The van der Waals surface area contributed by atoms with Crippen LogP contribution in [0.4, 0.5) is 11.5 Å². The number of nitrogen functional groups attached to an aromatic ring is 1. The molecule has 0 radical (unpaired) electrons. The van der Waals surface area contributed by atoms with Crippen molar-refractivity contribution in [1.29, 1.82) is 0 Å². The Hall–Kier alpha value is -2.11. The first kappa shape index (κ1) is 15.3. The topological polar surface area (TPSA) is 150 Å². The van der Waals surface area contributed by atoms with Crippen molar-refractivity contribution in [1.82, 2.24) is 9.55 Å². The van der Waals surface area contributed by atoms with Crippen LogP contribution in [0.25, 0.3) is 0 Å². The number of nitrogens with two attached hydrogens (primary N) is 2. The molecule has 1 heterocycles. The molecule has 0 saturated heterocycles. The largest absolute Gasteiger partial charge is 0.381 e. The summed E-state index contributed by atoms with van der Waals surface area (Å²) < 4.78 is 50.2. The van der Waals surface area contributed by atoms with Crippen molar-refractivity contribution in [2.24, 2.45) is 12.2 Å². The minimum absolute atomic E-state index is 0.120. The lowest BCUT2D eigenvalue weighted by molar-refractivity contribution is 0.591. The first-order valence-corrected chi connectivity index (χ1v) is 8.57. The summed E-state index contributed by atoms with van der Waals surface area (Å²) in [6, 6.07) is 4.95. The number of anilines is 2. The Bertz CT molecular complexity index is 849. The van der Waals surface area contributed by atoms with E-state index >= 15 is 0 Å². The number of hydrogen-bond donors (Lipinski definition) is 3. The number of nitrogens with one attached hydrogen (secondary N) is 1. The van der Waals surface area contributed by atoms with Gasteiger partial charge in [0, 0.05) is 12.7 Å². The Labute approximate surface area is 121 Å². The van der Waals surface area contributed by atoms with Gasteiger partial charge in [0.15, 0.2) is 10.8 Å². The number of nitrogens with zero attached hydrogens (tertiary/aromatic N) is 2. The van der Waals surface area contributed by atoms with Crippen molar-refractivity contribution in [2.75, 3.05) is 10.5 Å². The monoisotopic (exact) mass is 331 g/mol. The van der Waals surface area contributed by atoms with Gasteiger partial charge in [-0.1, -0.05) is 0 Å². The van der Waals surface area contributed by atoms with E-state index in [0.717, 1.165) is 0 Å². The average molecular weight is 331 g/mol. The normalized spacial score (nSPS) is 12.3. The lowest BCUT2D eigenvalue weighted by Gasteiger charge is -2.09. The average Bonchev–Trinajstić information content (AvgIpc) is 2.68. The van der Waals surface area contributed by atoms with Gasteiger partial charge in [0.05, 0.1) is 11.2 Å². The summed E-state index contributed by atoms with van der Waals surface area (Å²) in [6.45, 7) is 0. The maximum absolute atomic E-state index is 12.2. The van der Waals surface area contributed by atoms with Gasteiger partial charge < -0.3 is 10.3 Å². The van der Waals surface area contributed by atoms with E-state index in [4.69, 9.17) is 10.9 Å². The first-order valence-electron chi connectivity index (χ1n) is 5.54. The van der Waals surface area contributed by atoms with E-state index < -0.39 is 20.0 Å². The van der Waals surface area contributed by atoms with Crippen molar-refractivity contribution >= 4 is 31.6 Å². The number of benzene rings is 1. The van der Waals surface area contributed by atoms with Crippen LogP contribution < -0.4 is 15.6 Å². The number of rotatable bonds is 4. The van der Waals surface area contributed by atoms with E-state index in [1.807, 2.05) is 0 Å². The molecule has 11 heteroatoms. The predicted molar refractivity (Wildman–Crippen MR) is 76.2 cm³/mol. The molecule has 5 N–H and O–H groups in total. The summed E-state index contributed by atoms with van der Waals surface area (Å²) >= 11 is 0. The van der Waals surface area contributed by atoms with Gasteiger partial charge in [-0.15, -0.1) is 0 Å². The Balaban J connectivity index is 2.34. The van der Waals surface area contributed by atoms with Crippen LogP contribution in [0.1, 0.15) is 0 Å².